The first-order valence-electron chi connectivity index (χ1n) is 19.4. The van der Waals surface area contributed by atoms with E-state index in [2.05, 4.69) is 15.4 Å². The van der Waals surface area contributed by atoms with Crippen LogP contribution in [0.1, 0.15) is 83.3 Å². The Hall–Kier alpha value is -4.86. The number of fused-ring (bicyclic) bond motifs is 3. The van der Waals surface area contributed by atoms with Gasteiger partial charge in [0.2, 0.25) is 21.8 Å². The van der Waals surface area contributed by atoms with Crippen molar-refractivity contribution in [2.24, 2.45) is 5.92 Å². The van der Waals surface area contributed by atoms with E-state index in [0.29, 0.717) is 25.9 Å². The highest BCUT2D eigenvalue weighted by Gasteiger charge is 2.62. The van der Waals surface area contributed by atoms with Crippen LogP contribution in [0.2, 0.25) is 0 Å². The number of allylic oxidation sites excluding steroid dienone is 3. The minimum Gasteiger partial charge on any atom is -0.444 e. The van der Waals surface area contributed by atoms with Crippen molar-refractivity contribution in [1.29, 1.82) is 0 Å². The number of sulfonamides is 1. The van der Waals surface area contributed by atoms with Crippen molar-refractivity contribution < 1.29 is 41.9 Å². The van der Waals surface area contributed by atoms with E-state index in [1.54, 1.807) is 37.8 Å². The maximum atomic E-state index is 14.4. The van der Waals surface area contributed by atoms with Gasteiger partial charge in [0.15, 0.2) is 0 Å². The van der Waals surface area contributed by atoms with E-state index in [-0.39, 0.29) is 32.2 Å². The molecule has 0 spiro atoms. The van der Waals surface area contributed by atoms with Crippen LogP contribution in [0, 0.1) is 5.92 Å². The molecule has 1 saturated heterocycles. The van der Waals surface area contributed by atoms with Crippen molar-refractivity contribution in [3.63, 3.8) is 0 Å². The average Bonchev–Trinajstić information content (AvgIpc) is 3.42. The molecule has 2 aliphatic carbocycles. The number of alkyl carbamates (subject to hydrolysis) is 1. The predicted octanol–water partition coefficient (Wildman–Crippen LogP) is 3.62. The van der Waals surface area contributed by atoms with Crippen LogP contribution in [0.3, 0.4) is 0 Å². The number of amides is 5. The first-order chi connectivity index (χ1) is 26.5. The van der Waals surface area contributed by atoms with Crippen molar-refractivity contribution in [1.82, 2.24) is 30.1 Å². The lowest BCUT2D eigenvalue weighted by Crippen LogP contribution is -2.58. The maximum Gasteiger partial charge on any atom is 0.410 e. The molecule has 56 heavy (non-hydrogen) atoms. The molecule has 3 heterocycles. The summed E-state index contributed by atoms with van der Waals surface area (Å²) < 4.78 is 40.7. The number of nitrogens with zero attached hydrogens (tertiary/aromatic N) is 3. The standard InChI is InChI=1S/C40H54N6O9S/c1-39(2,3)55-37(50)41-32-16-10-8-6-7-9-15-28-22-40(28,36(49)43-56(52,53)31-19-17-29(18-20-31)44(4)5)42-34(47)33-21-30(25-46(33)35(32)48)54-38(51)45-23-26-13-11-12-14-27(26)24-45/h9,11-15,17-19,28,30-33H,6-8,10,16,20-25H2,1-5H3,(H,41,50)(H,42,47)(H,43,49)/b15-9-/t28-,30-,31?,32+,33+,40-/m1/s1. The molecule has 1 unspecified atom stereocenters. The Labute approximate surface area is 328 Å². The molecule has 6 rings (SSSR count). The topological polar surface area (TPSA) is 184 Å². The Morgan fingerprint density at radius 2 is 1.73 bits per heavy atom. The number of ether oxygens (including phenoxy) is 2. The first-order valence-corrected chi connectivity index (χ1v) is 20.9. The zero-order valence-electron chi connectivity index (χ0n) is 32.8. The highest BCUT2D eigenvalue weighted by molar-refractivity contribution is 7.90. The third-order valence-electron chi connectivity index (χ3n) is 10.9. The molecule has 5 amide bonds. The number of rotatable bonds is 6. The highest BCUT2D eigenvalue weighted by Crippen LogP contribution is 2.46. The summed E-state index contributed by atoms with van der Waals surface area (Å²) in [7, 11) is -0.493. The minimum absolute atomic E-state index is 0.0762. The fourth-order valence-electron chi connectivity index (χ4n) is 7.74. The summed E-state index contributed by atoms with van der Waals surface area (Å²) in [6, 6.07) is 5.43. The van der Waals surface area contributed by atoms with E-state index in [0.717, 1.165) is 29.7 Å². The van der Waals surface area contributed by atoms with E-state index in [9.17, 15) is 32.4 Å². The van der Waals surface area contributed by atoms with E-state index < -0.39 is 80.4 Å². The molecule has 1 aromatic carbocycles. The summed E-state index contributed by atoms with van der Waals surface area (Å²) >= 11 is 0. The molecule has 0 radical (unpaired) electrons. The molecule has 5 aliphatic rings. The van der Waals surface area contributed by atoms with Gasteiger partial charge in [0, 0.05) is 45.2 Å². The molecule has 16 heteroatoms. The Balaban J connectivity index is 1.24. The number of hydrogen-bond acceptors (Lipinski definition) is 10. The molecular formula is C40H54N6O9S. The van der Waals surface area contributed by atoms with Gasteiger partial charge in [0.05, 0.1) is 6.54 Å². The number of hydrogen-bond donors (Lipinski definition) is 3. The zero-order valence-corrected chi connectivity index (χ0v) is 33.6. The van der Waals surface area contributed by atoms with Crippen LogP contribution in [-0.2, 0) is 47.0 Å². The average molecular weight is 795 g/mol. The van der Waals surface area contributed by atoms with Gasteiger partial charge in [-0.2, -0.15) is 0 Å². The molecular weight excluding hydrogens is 741 g/mol. The summed E-state index contributed by atoms with van der Waals surface area (Å²) in [5, 5.41) is 4.56. The zero-order chi connectivity index (χ0) is 40.4. The fourth-order valence-corrected chi connectivity index (χ4v) is 8.97. The molecule has 0 bridgehead atoms. The van der Waals surface area contributed by atoms with Gasteiger partial charge in [0.25, 0.3) is 5.91 Å². The largest absolute Gasteiger partial charge is 0.444 e. The number of carbonyl (C=O) groups is 5. The van der Waals surface area contributed by atoms with Gasteiger partial charge in [-0.15, -0.1) is 0 Å². The van der Waals surface area contributed by atoms with Crippen molar-refractivity contribution in [3.8, 4) is 0 Å². The third kappa shape index (κ3) is 9.39. The summed E-state index contributed by atoms with van der Waals surface area (Å²) in [5.74, 6) is -2.61. The number of nitrogens with one attached hydrogen (secondary N) is 3. The molecule has 3 aliphatic heterocycles. The normalized spacial score (nSPS) is 28.6. The van der Waals surface area contributed by atoms with E-state index in [1.807, 2.05) is 55.4 Å². The second-order valence-corrected chi connectivity index (χ2v) is 18.4. The lowest BCUT2D eigenvalue weighted by atomic mass is 10.0. The Morgan fingerprint density at radius 3 is 2.38 bits per heavy atom. The van der Waals surface area contributed by atoms with Gasteiger partial charge < -0.3 is 29.9 Å². The molecule has 15 nitrogen and oxygen atoms in total. The summed E-state index contributed by atoms with van der Waals surface area (Å²) in [4.78, 5) is 74.0. The van der Waals surface area contributed by atoms with Crippen LogP contribution in [0.4, 0.5) is 9.59 Å². The molecule has 1 saturated carbocycles. The van der Waals surface area contributed by atoms with E-state index in [4.69, 9.17) is 9.47 Å². The quantitative estimate of drug-likeness (QED) is 0.360. The van der Waals surface area contributed by atoms with Gasteiger partial charge in [-0.05, 0) is 70.1 Å². The number of benzene rings is 1. The van der Waals surface area contributed by atoms with Gasteiger partial charge in [-0.3, -0.25) is 24.0 Å². The lowest BCUT2D eigenvalue weighted by Gasteiger charge is -2.30. The Morgan fingerprint density at radius 1 is 1.02 bits per heavy atom. The van der Waals surface area contributed by atoms with E-state index >= 15 is 0 Å². The summed E-state index contributed by atoms with van der Waals surface area (Å²) in [6.07, 6.45) is 9.76. The monoisotopic (exact) mass is 794 g/mol. The molecule has 6 atom stereocenters. The lowest BCUT2D eigenvalue weighted by molar-refractivity contribution is -0.141. The van der Waals surface area contributed by atoms with Gasteiger partial charge >= 0.3 is 12.2 Å². The van der Waals surface area contributed by atoms with Gasteiger partial charge in [0.1, 0.15) is 34.6 Å². The van der Waals surface area contributed by atoms with Crippen molar-refractivity contribution >= 4 is 39.9 Å². The third-order valence-corrected chi connectivity index (χ3v) is 12.5. The van der Waals surface area contributed by atoms with Crippen LogP contribution < -0.4 is 15.4 Å². The van der Waals surface area contributed by atoms with Gasteiger partial charge in [-0.25, -0.2) is 18.0 Å². The predicted molar refractivity (Wildman–Crippen MR) is 207 cm³/mol. The molecule has 3 N–H and O–H groups in total. The highest BCUT2D eigenvalue weighted by atomic mass is 32.2. The SMILES string of the molecule is CN(C)C1=CCC(S(=O)(=O)NC(=O)[C@@]23C[C@H]2/C=C\CCCCC[C@H](NC(=O)OC(C)(C)C)C(=O)N2C[C@H](OC(=O)N4Cc5ccccc5C4)C[C@H]2C(=O)N3)C=C1. The molecule has 0 aromatic heterocycles. The Bertz CT molecular complexity index is 1900. The maximum absolute atomic E-state index is 14.4. The Kier molecular flexibility index (Phi) is 11.9. The smallest absolute Gasteiger partial charge is 0.410 e. The van der Waals surface area contributed by atoms with Crippen LogP contribution in [0.5, 0.6) is 0 Å². The second kappa shape index (κ2) is 16.3. The first kappa shape index (κ1) is 40.8. The van der Waals surface area contributed by atoms with Gasteiger partial charge in [-0.1, -0.05) is 61.4 Å². The molecule has 2 fully saturated rings. The molecule has 1 aromatic rings. The van der Waals surface area contributed by atoms with Crippen LogP contribution in [0.15, 0.2) is 60.3 Å². The number of carbonyl (C=O) groups excluding carboxylic acids is 5. The minimum atomic E-state index is -4.19. The second-order valence-electron chi connectivity index (χ2n) is 16.5. The van der Waals surface area contributed by atoms with E-state index in [1.165, 1.54) is 11.0 Å². The fraction of sp³-hybridized carbons (Fsp3) is 0.575. The van der Waals surface area contributed by atoms with Crippen molar-refractivity contribution in [2.75, 3.05) is 20.6 Å². The molecule has 304 valence electrons. The van der Waals surface area contributed by atoms with Crippen LogP contribution in [-0.4, -0.2) is 108 Å². The van der Waals surface area contributed by atoms with Crippen molar-refractivity contribution in [2.45, 2.75) is 120 Å². The van der Waals surface area contributed by atoms with Crippen molar-refractivity contribution in [3.05, 3.63) is 71.5 Å². The van der Waals surface area contributed by atoms with Crippen LogP contribution in [0.25, 0.3) is 0 Å². The van der Waals surface area contributed by atoms with Crippen LogP contribution >= 0.6 is 0 Å². The summed E-state index contributed by atoms with van der Waals surface area (Å²) in [6.45, 7) is 5.71. The summed E-state index contributed by atoms with van der Waals surface area (Å²) in [5.41, 5.74) is 0.426. The number of likely N-dealkylation sites (N-methyl/N-ethyl adjacent to an activating group) is 1.